The number of aryl methyl sites for hydroxylation is 1. The Morgan fingerprint density at radius 1 is 1.32 bits per heavy atom. The van der Waals surface area contributed by atoms with E-state index in [-0.39, 0.29) is 5.91 Å². The highest BCUT2D eigenvalue weighted by Crippen LogP contribution is 2.30. The molecule has 0 saturated heterocycles. The lowest BCUT2D eigenvalue weighted by Gasteiger charge is -2.34. The molecule has 0 aromatic heterocycles. The van der Waals surface area contributed by atoms with Gasteiger partial charge in [0.2, 0.25) is 0 Å². The lowest BCUT2D eigenvalue weighted by Crippen LogP contribution is -2.43. The van der Waals surface area contributed by atoms with Crippen molar-refractivity contribution in [2.24, 2.45) is 11.8 Å². The summed E-state index contributed by atoms with van der Waals surface area (Å²) < 4.78 is 0.868. The second-order valence-electron chi connectivity index (χ2n) is 5.83. The fourth-order valence-electron chi connectivity index (χ4n) is 2.84. The third-order valence-corrected chi connectivity index (χ3v) is 5.08. The third kappa shape index (κ3) is 3.38. The molecule has 19 heavy (non-hydrogen) atoms. The van der Waals surface area contributed by atoms with Gasteiger partial charge in [-0.3, -0.25) is 4.79 Å². The van der Waals surface area contributed by atoms with E-state index < -0.39 is 0 Å². The van der Waals surface area contributed by atoms with E-state index >= 15 is 0 Å². The molecular weight excluding hydrogens is 302 g/mol. The molecule has 1 aliphatic rings. The first-order chi connectivity index (χ1) is 8.99. The van der Waals surface area contributed by atoms with Crippen LogP contribution in [0.15, 0.2) is 22.7 Å². The van der Waals surface area contributed by atoms with E-state index in [1.807, 2.05) is 25.1 Å². The lowest BCUT2D eigenvalue weighted by atomic mass is 9.78. The third-order valence-electron chi connectivity index (χ3n) is 4.39. The molecule has 104 valence electrons. The van der Waals surface area contributed by atoms with Crippen LogP contribution in [0, 0.1) is 18.8 Å². The van der Waals surface area contributed by atoms with Gasteiger partial charge in [-0.05, 0) is 53.2 Å². The average Bonchev–Trinajstić information content (AvgIpc) is 2.38. The average molecular weight is 324 g/mol. The van der Waals surface area contributed by atoms with Crippen LogP contribution in [0.5, 0.6) is 0 Å². The molecule has 3 heteroatoms. The van der Waals surface area contributed by atoms with Crippen molar-refractivity contribution in [2.45, 2.75) is 46.1 Å². The highest BCUT2D eigenvalue weighted by molar-refractivity contribution is 9.10. The predicted octanol–water partition coefficient (Wildman–Crippen LogP) is 4.31. The Morgan fingerprint density at radius 3 is 2.79 bits per heavy atom. The summed E-state index contributed by atoms with van der Waals surface area (Å²) in [5.74, 6) is 1.29. The molecule has 0 radical (unpaired) electrons. The van der Waals surface area contributed by atoms with Crippen molar-refractivity contribution >= 4 is 21.8 Å². The van der Waals surface area contributed by atoms with Crippen LogP contribution in [0.25, 0.3) is 0 Å². The molecule has 0 bridgehead atoms. The topological polar surface area (TPSA) is 29.1 Å². The van der Waals surface area contributed by atoms with Gasteiger partial charge in [-0.1, -0.05) is 38.3 Å². The zero-order valence-corrected chi connectivity index (χ0v) is 13.5. The number of carbonyl (C=O) groups is 1. The van der Waals surface area contributed by atoms with Gasteiger partial charge in [0.25, 0.3) is 5.91 Å². The van der Waals surface area contributed by atoms with Gasteiger partial charge in [0, 0.05) is 10.5 Å². The Morgan fingerprint density at radius 2 is 2.05 bits per heavy atom. The highest BCUT2D eigenvalue weighted by Gasteiger charge is 2.28. The van der Waals surface area contributed by atoms with Crippen molar-refractivity contribution < 1.29 is 4.79 Å². The largest absolute Gasteiger partial charge is 0.349 e. The summed E-state index contributed by atoms with van der Waals surface area (Å²) in [7, 11) is 0. The van der Waals surface area contributed by atoms with Crippen molar-refractivity contribution in [3.05, 3.63) is 33.8 Å². The summed E-state index contributed by atoms with van der Waals surface area (Å²) >= 11 is 3.46. The number of carbonyl (C=O) groups excluding carboxylic acids is 1. The van der Waals surface area contributed by atoms with Gasteiger partial charge < -0.3 is 5.32 Å². The van der Waals surface area contributed by atoms with Crippen LogP contribution in [0.2, 0.25) is 0 Å². The fourth-order valence-corrected chi connectivity index (χ4v) is 3.27. The standard InChI is InChI=1S/C16H22BrNO/c1-10-7-8-14(17)13(9-10)16(19)18-15-6-4-5-11(2)12(15)3/h7-9,11-12,15H,4-6H2,1-3H3,(H,18,19). The normalized spacial score (nSPS) is 27.1. The zero-order chi connectivity index (χ0) is 14.0. The Balaban J connectivity index is 2.10. The molecule has 0 aliphatic heterocycles. The summed E-state index contributed by atoms with van der Waals surface area (Å²) in [6, 6.07) is 6.20. The summed E-state index contributed by atoms with van der Waals surface area (Å²) in [4.78, 5) is 12.4. The van der Waals surface area contributed by atoms with Gasteiger partial charge in [0.05, 0.1) is 5.56 Å². The number of amides is 1. The molecule has 0 spiro atoms. The molecule has 0 heterocycles. The monoisotopic (exact) mass is 323 g/mol. The number of halogens is 1. The number of benzene rings is 1. The number of nitrogens with one attached hydrogen (secondary N) is 1. The van der Waals surface area contributed by atoms with Crippen molar-refractivity contribution in [3.63, 3.8) is 0 Å². The molecule has 1 aliphatic carbocycles. The molecule has 3 atom stereocenters. The molecule has 1 fully saturated rings. The summed E-state index contributed by atoms with van der Waals surface area (Å²) in [5, 5.41) is 3.21. The minimum atomic E-state index is 0.0431. The van der Waals surface area contributed by atoms with Gasteiger partial charge in [-0.15, -0.1) is 0 Å². The van der Waals surface area contributed by atoms with Gasteiger partial charge >= 0.3 is 0 Å². The second kappa shape index (κ2) is 6.08. The molecular formula is C16H22BrNO. The van der Waals surface area contributed by atoms with Gasteiger partial charge in [-0.25, -0.2) is 0 Å². The van der Waals surface area contributed by atoms with Crippen molar-refractivity contribution in [3.8, 4) is 0 Å². The second-order valence-corrected chi connectivity index (χ2v) is 6.68. The van der Waals surface area contributed by atoms with Crippen LogP contribution in [0.1, 0.15) is 49.0 Å². The van der Waals surface area contributed by atoms with Crippen molar-refractivity contribution in [1.82, 2.24) is 5.32 Å². The first-order valence-electron chi connectivity index (χ1n) is 7.06. The van der Waals surface area contributed by atoms with E-state index in [2.05, 4.69) is 35.1 Å². The summed E-state index contributed by atoms with van der Waals surface area (Å²) in [6.07, 6.45) is 3.59. The van der Waals surface area contributed by atoms with E-state index in [9.17, 15) is 4.79 Å². The summed E-state index contributed by atoms with van der Waals surface area (Å²) in [6.45, 7) is 6.54. The highest BCUT2D eigenvalue weighted by atomic mass is 79.9. The maximum Gasteiger partial charge on any atom is 0.252 e. The van der Waals surface area contributed by atoms with Crippen LogP contribution in [0.4, 0.5) is 0 Å². The van der Waals surface area contributed by atoms with Crippen LogP contribution in [-0.4, -0.2) is 11.9 Å². The SMILES string of the molecule is Cc1ccc(Br)c(C(=O)NC2CCCC(C)C2C)c1. The molecule has 1 amide bonds. The maximum absolute atomic E-state index is 12.4. The molecule has 3 unspecified atom stereocenters. The zero-order valence-electron chi connectivity index (χ0n) is 11.9. The number of hydrogen-bond acceptors (Lipinski definition) is 1. The predicted molar refractivity (Wildman–Crippen MR) is 82.3 cm³/mol. The molecule has 1 aromatic rings. The van der Waals surface area contributed by atoms with Crippen molar-refractivity contribution in [1.29, 1.82) is 0 Å². The van der Waals surface area contributed by atoms with Crippen LogP contribution < -0.4 is 5.32 Å². The van der Waals surface area contributed by atoms with E-state index in [1.54, 1.807) is 0 Å². The smallest absolute Gasteiger partial charge is 0.252 e. The van der Waals surface area contributed by atoms with Gasteiger partial charge in [0.15, 0.2) is 0 Å². The van der Waals surface area contributed by atoms with Gasteiger partial charge in [0.1, 0.15) is 0 Å². The van der Waals surface area contributed by atoms with Crippen LogP contribution in [0.3, 0.4) is 0 Å². The Bertz CT molecular complexity index is 472. The Hall–Kier alpha value is -0.830. The lowest BCUT2D eigenvalue weighted by molar-refractivity contribution is 0.0890. The minimum Gasteiger partial charge on any atom is -0.349 e. The number of rotatable bonds is 2. The first kappa shape index (κ1) is 14.6. The van der Waals surface area contributed by atoms with E-state index in [0.717, 1.165) is 22.0 Å². The van der Waals surface area contributed by atoms with E-state index in [0.29, 0.717) is 17.9 Å². The van der Waals surface area contributed by atoms with Crippen LogP contribution >= 0.6 is 15.9 Å². The van der Waals surface area contributed by atoms with Crippen molar-refractivity contribution in [2.75, 3.05) is 0 Å². The maximum atomic E-state index is 12.4. The Kier molecular flexibility index (Phi) is 4.67. The summed E-state index contributed by atoms with van der Waals surface area (Å²) in [5.41, 5.74) is 1.85. The molecule has 1 N–H and O–H groups in total. The molecule has 1 saturated carbocycles. The first-order valence-corrected chi connectivity index (χ1v) is 7.85. The van der Waals surface area contributed by atoms with E-state index in [4.69, 9.17) is 0 Å². The molecule has 2 nitrogen and oxygen atoms in total. The number of hydrogen-bond donors (Lipinski definition) is 1. The van der Waals surface area contributed by atoms with E-state index in [1.165, 1.54) is 12.8 Å². The molecule has 1 aromatic carbocycles. The Labute approximate surface area is 124 Å². The quantitative estimate of drug-likeness (QED) is 0.863. The van der Waals surface area contributed by atoms with Gasteiger partial charge in [-0.2, -0.15) is 0 Å². The molecule has 2 rings (SSSR count). The van der Waals surface area contributed by atoms with Crippen LogP contribution in [-0.2, 0) is 0 Å². The minimum absolute atomic E-state index is 0.0431. The fraction of sp³-hybridized carbons (Fsp3) is 0.562.